The largest absolute Gasteiger partial charge is 0.494 e. The Morgan fingerprint density at radius 2 is 1.03 bits per heavy atom. The van der Waals surface area contributed by atoms with Crippen molar-refractivity contribution >= 4 is 11.4 Å². The zero-order valence-corrected chi connectivity index (χ0v) is 19.6. The van der Waals surface area contributed by atoms with Crippen LogP contribution in [0.25, 0.3) is 0 Å². The van der Waals surface area contributed by atoms with Crippen molar-refractivity contribution in [3.8, 4) is 11.5 Å². The third-order valence-corrected chi connectivity index (χ3v) is 5.23. The molecule has 0 aliphatic rings. The first-order valence-electron chi connectivity index (χ1n) is 12.2. The average Bonchev–Trinajstić information content (AvgIpc) is 2.79. The molecule has 0 spiro atoms. The van der Waals surface area contributed by atoms with Gasteiger partial charge in [0.2, 0.25) is 0 Å². The molecule has 0 bridgehead atoms. The summed E-state index contributed by atoms with van der Waals surface area (Å²) in [5.74, 6) is 1.88. The molecule has 0 radical (unpaired) electrons. The second kappa shape index (κ2) is 16.3. The molecule has 0 saturated heterocycles. The van der Waals surface area contributed by atoms with Crippen LogP contribution < -0.4 is 20.1 Å². The lowest BCUT2D eigenvalue weighted by molar-refractivity contribution is 0.304. The van der Waals surface area contributed by atoms with Crippen LogP contribution >= 0.6 is 0 Å². The first kappa shape index (κ1) is 24.9. The maximum Gasteiger partial charge on any atom is 0.121 e. The lowest BCUT2D eigenvalue weighted by Gasteiger charge is -2.12. The summed E-state index contributed by atoms with van der Waals surface area (Å²) in [6.07, 6.45) is 11.2. The van der Waals surface area contributed by atoms with Crippen LogP contribution in [0.15, 0.2) is 48.5 Å². The normalized spacial score (nSPS) is 10.6. The number of benzene rings is 2. The quantitative estimate of drug-likeness (QED) is 0.242. The topological polar surface area (TPSA) is 42.5 Å². The number of anilines is 2. The minimum absolute atomic E-state index is 0.794. The van der Waals surface area contributed by atoms with Crippen LogP contribution in [0.1, 0.15) is 71.6 Å². The predicted octanol–water partition coefficient (Wildman–Crippen LogP) is 7.52. The molecule has 2 N–H and O–H groups in total. The summed E-state index contributed by atoms with van der Waals surface area (Å²) in [5.41, 5.74) is 2.18. The van der Waals surface area contributed by atoms with Gasteiger partial charge in [0, 0.05) is 36.6 Å². The van der Waals surface area contributed by atoms with Crippen molar-refractivity contribution in [3.05, 3.63) is 48.5 Å². The van der Waals surface area contributed by atoms with Gasteiger partial charge in [0.1, 0.15) is 11.5 Å². The molecular weight excluding hydrogens is 384 g/mol. The molecule has 0 fully saturated rings. The molecule has 4 nitrogen and oxygen atoms in total. The molecule has 2 aromatic carbocycles. The SMILES string of the molecule is CCCCCCCOc1cccc(NCCNc2cccc(OCCCCCC)c2)c1. The zero-order chi connectivity index (χ0) is 22.0. The second-order valence-electron chi connectivity index (χ2n) is 8.08. The molecule has 0 unspecified atom stereocenters. The van der Waals surface area contributed by atoms with Crippen LogP contribution in [0.2, 0.25) is 0 Å². The highest BCUT2D eigenvalue weighted by atomic mass is 16.5. The fourth-order valence-electron chi connectivity index (χ4n) is 3.42. The Labute approximate surface area is 189 Å². The van der Waals surface area contributed by atoms with Gasteiger partial charge in [-0.15, -0.1) is 0 Å². The second-order valence-corrected chi connectivity index (χ2v) is 8.08. The Morgan fingerprint density at radius 1 is 0.581 bits per heavy atom. The van der Waals surface area contributed by atoms with Crippen molar-refractivity contribution < 1.29 is 9.47 Å². The van der Waals surface area contributed by atoms with Gasteiger partial charge in [-0.2, -0.15) is 0 Å². The molecule has 0 aromatic heterocycles. The van der Waals surface area contributed by atoms with Crippen LogP contribution in [0.3, 0.4) is 0 Å². The van der Waals surface area contributed by atoms with E-state index >= 15 is 0 Å². The first-order chi connectivity index (χ1) is 15.3. The summed E-state index contributed by atoms with van der Waals surface area (Å²) in [7, 11) is 0. The van der Waals surface area contributed by atoms with Crippen molar-refractivity contribution in [1.29, 1.82) is 0 Å². The van der Waals surface area contributed by atoms with Crippen LogP contribution in [-0.4, -0.2) is 26.3 Å². The van der Waals surface area contributed by atoms with Crippen molar-refractivity contribution in [2.75, 3.05) is 36.9 Å². The number of hydrogen-bond donors (Lipinski definition) is 2. The Balaban J connectivity index is 1.63. The third kappa shape index (κ3) is 11.6. The summed E-state index contributed by atoms with van der Waals surface area (Å²) in [5, 5.41) is 6.93. The van der Waals surface area contributed by atoms with E-state index in [-0.39, 0.29) is 0 Å². The van der Waals surface area contributed by atoms with E-state index in [1.54, 1.807) is 0 Å². The smallest absolute Gasteiger partial charge is 0.121 e. The van der Waals surface area contributed by atoms with Crippen molar-refractivity contribution in [2.24, 2.45) is 0 Å². The van der Waals surface area contributed by atoms with Crippen LogP contribution in [0.5, 0.6) is 11.5 Å². The zero-order valence-electron chi connectivity index (χ0n) is 19.6. The molecule has 2 aromatic rings. The number of unbranched alkanes of at least 4 members (excludes halogenated alkanes) is 7. The van der Waals surface area contributed by atoms with E-state index in [1.807, 2.05) is 24.3 Å². The molecule has 31 heavy (non-hydrogen) atoms. The molecule has 0 aliphatic heterocycles. The van der Waals surface area contributed by atoms with Gasteiger partial charge in [-0.25, -0.2) is 0 Å². The van der Waals surface area contributed by atoms with Gasteiger partial charge in [-0.3, -0.25) is 0 Å². The number of ether oxygens (including phenoxy) is 2. The van der Waals surface area contributed by atoms with E-state index in [2.05, 4.69) is 48.7 Å². The van der Waals surface area contributed by atoms with Gasteiger partial charge < -0.3 is 20.1 Å². The van der Waals surface area contributed by atoms with Gasteiger partial charge in [0.15, 0.2) is 0 Å². The van der Waals surface area contributed by atoms with E-state index in [4.69, 9.17) is 9.47 Å². The molecular formula is C27H42N2O2. The number of nitrogens with one attached hydrogen (secondary N) is 2. The van der Waals surface area contributed by atoms with Crippen LogP contribution in [-0.2, 0) is 0 Å². The molecule has 0 heterocycles. The number of hydrogen-bond acceptors (Lipinski definition) is 4. The lowest BCUT2D eigenvalue weighted by Crippen LogP contribution is -2.13. The highest BCUT2D eigenvalue weighted by Gasteiger charge is 1.99. The Kier molecular flexibility index (Phi) is 13.1. The molecule has 0 amide bonds. The van der Waals surface area contributed by atoms with E-state index < -0.39 is 0 Å². The first-order valence-corrected chi connectivity index (χ1v) is 12.2. The molecule has 0 atom stereocenters. The summed E-state index contributed by atoms with van der Waals surface area (Å²) < 4.78 is 11.8. The van der Waals surface area contributed by atoms with E-state index in [1.165, 1.54) is 44.9 Å². The Morgan fingerprint density at radius 3 is 1.52 bits per heavy atom. The van der Waals surface area contributed by atoms with Gasteiger partial charge >= 0.3 is 0 Å². The Hall–Kier alpha value is -2.36. The van der Waals surface area contributed by atoms with Crippen LogP contribution in [0, 0.1) is 0 Å². The molecule has 2 rings (SSSR count). The van der Waals surface area contributed by atoms with Crippen molar-refractivity contribution in [1.82, 2.24) is 0 Å². The standard InChI is InChI=1S/C27H42N2O2/c1-3-5-7-9-11-21-31-27-17-13-15-25(23-27)29-19-18-28-24-14-12-16-26(22-24)30-20-10-8-6-4-2/h12-17,22-23,28-29H,3-11,18-21H2,1-2H3. The molecule has 172 valence electrons. The third-order valence-electron chi connectivity index (χ3n) is 5.23. The minimum atomic E-state index is 0.794. The predicted molar refractivity (Wildman–Crippen MR) is 134 cm³/mol. The monoisotopic (exact) mass is 426 g/mol. The number of rotatable bonds is 18. The summed E-state index contributed by atoms with van der Waals surface area (Å²) in [4.78, 5) is 0. The fourth-order valence-corrected chi connectivity index (χ4v) is 3.42. The van der Waals surface area contributed by atoms with E-state index in [0.29, 0.717) is 0 Å². The maximum absolute atomic E-state index is 5.90. The van der Waals surface area contributed by atoms with E-state index in [9.17, 15) is 0 Å². The van der Waals surface area contributed by atoms with Crippen molar-refractivity contribution in [3.63, 3.8) is 0 Å². The molecule has 0 saturated carbocycles. The highest BCUT2D eigenvalue weighted by Crippen LogP contribution is 2.19. The highest BCUT2D eigenvalue weighted by molar-refractivity contribution is 5.50. The van der Waals surface area contributed by atoms with Gasteiger partial charge in [-0.1, -0.05) is 70.9 Å². The Bertz CT molecular complexity index is 705. The summed E-state index contributed by atoms with van der Waals surface area (Å²) in [6, 6.07) is 16.5. The van der Waals surface area contributed by atoms with E-state index in [0.717, 1.165) is 62.0 Å². The summed E-state index contributed by atoms with van der Waals surface area (Å²) in [6.45, 7) is 7.73. The van der Waals surface area contributed by atoms with Gasteiger partial charge in [0.25, 0.3) is 0 Å². The summed E-state index contributed by atoms with van der Waals surface area (Å²) >= 11 is 0. The minimum Gasteiger partial charge on any atom is -0.494 e. The fraction of sp³-hybridized carbons (Fsp3) is 0.556. The van der Waals surface area contributed by atoms with Crippen molar-refractivity contribution in [2.45, 2.75) is 71.6 Å². The molecule has 0 aliphatic carbocycles. The van der Waals surface area contributed by atoms with Gasteiger partial charge in [0.05, 0.1) is 13.2 Å². The molecule has 4 heteroatoms. The van der Waals surface area contributed by atoms with Crippen LogP contribution in [0.4, 0.5) is 11.4 Å². The van der Waals surface area contributed by atoms with Gasteiger partial charge in [-0.05, 0) is 37.1 Å². The lowest BCUT2D eigenvalue weighted by atomic mass is 10.2. The average molecular weight is 427 g/mol. The maximum atomic E-state index is 5.90.